The van der Waals surface area contributed by atoms with Crippen LogP contribution in [0.5, 0.6) is 0 Å². The molecule has 10 heteroatoms. The summed E-state index contributed by atoms with van der Waals surface area (Å²) in [5.41, 5.74) is 8.20. The molecule has 0 aliphatic heterocycles. The van der Waals surface area contributed by atoms with Gasteiger partial charge in [-0.3, -0.25) is 14.3 Å². The predicted octanol–water partition coefficient (Wildman–Crippen LogP) is 2.85. The van der Waals surface area contributed by atoms with E-state index in [9.17, 15) is 14.0 Å². The Morgan fingerprint density at radius 1 is 1.18 bits per heavy atom. The summed E-state index contributed by atoms with van der Waals surface area (Å²) in [6, 6.07) is 12.1. The zero-order chi connectivity index (χ0) is 23.7. The molecule has 4 rings (SSSR count). The van der Waals surface area contributed by atoms with Crippen LogP contribution in [0, 0.1) is 31.0 Å². The first-order valence-electron chi connectivity index (χ1n) is 9.88. The number of benzene rings is 1. The van der Waals surface area contributed by atoms with Gasteiger partial charge in [0.15, 0.2) is 0 Å². The van der Waals surface area contributed by atoms with Gasteiger partial charge in [0.2, 0.25) is 5.91 Å². The van der Waals surface area contributed by atoms with Crippen molar-refractivity contribution in [2.24, 2.45) is 5.73 Å². The molecule has 0 saturated carbocycles. The van der Waals surface area contributed by atoms with Gasteiger partial charge in [0.1, 0.15) is 23.3 Å². The molecule has 0 atom stereocenters. The summed E-state index contributed by atoms with van der Waals surface area (Å²) in [6.07, 6.45) is 0. The van der Waals surface area contributed by atoms with Gasteiger partial charge in [-0.05, 0) is 44.2 Å². The molecule has 33 heavy (non-hydrogen) atoms. The second-order valence-electron chi connectivity index (χ2n) is 7.36. The third-order valence-electron chi connectivity index (χ3n) is 5.12. The van der Waals surface area contributed by atoms with Crippen LogP contribution in [0.15, 0.2) is 42.5 Å². The van der Waals surface area contributed by atoms with Crippen LogP contribution in [0.25, 0.3) is 10.9 Å². The maximum atomic E-state index is 13.7. The number of pyridine rings is 2. The standard InChI is InChI=1S/C23H18FN7O2/c1-12-21(13(2)31(30-12)11-16-5-3-4-15(10-25)27-16)29-23(33)20-9-18(22(26)32)17-7-6-14(24)8-19(17)28-20/h3-9H,11H2,1-2H3,(H2,26,32)(H,29,33). The molecule has 3 heterocycles. The van der Waals surface area contributed by atoms with E-state index < -0.39 is 17.6 Å². The lowest BCUT2D eigenvalue weighted by atomic mass is 10.1. The number of fused-ring (bicyclic) bond motifs is 1. The molecule has 0 saturated heterocycles. The fraction of sp³-hybridized carbons (Fsp3) is 0.130. The molecule has 1 aromatic carbocycles. The van der Waals surface area contributed by atoms with E-state index in [0.29, 0.717) is 40.4 Å². The molecule has 0 aliphatic rings. The van der Waals surface area contributed by atoms with Crippen molar-refractivity contribution in [3.8, 4) is 6.07 Å². The molecule has 0 radical (unpaired) electrons. The van der Waals surface area contributed by atoms with E-state index in [1.54, 1.807) is 36.7 Å². The van der Waals surface area contributed by atoms with E-state index >= 15 is 0 Å². The molecule has 9 nitrogen and oxygen atoms in total. The Bertz CT molecular complexity index is 1470. The lowest BCUT2D eigenvalue weighted by Gasteiger charge is -2.09. The summed E-state index contributed by atoms with van der Waals surface area (Å²) in [7, 11) is 0. The largest absolute Gasteiger partial charge is 0.366 e. The number of aryl methyl sites for hydroxylation is 1. The summed E-state index contributed by atoms with van der Waals surface area (Å²) in [4.78, 5) is 33.3. The Hall–Kier alpha value is -4.65. The van der Waals surface area contributed by atoms with Gasteiger partial charge in [-0.15, -0.1) is 0 Å². The number of nitrogens with two attached hydrogens (primary N) is 1. The van der Waals surface area contributed by atoms with Gasteiger partial charge in [0.05, 0.1) is 40.4 Å². The lowest BCUT2D eigenvalue weighted by Crippen LogP contribution is -2.18. The maximum absolute atomic E-state index is 13.7. The number of halogens is 1. The average Bonchev–Trinajstić information content (AvgIpc) is 3.05. The minimum Gasteiger partial charge on any atom is -0.366 e. The van der Waals surface area contributed by atoms with Crippen molar-refractivity contribution in [2.45, 2.75) is 20.4 Å². The highest BCUT2D eigenvalue weighted by Gasteiger charge is 2.19. The summed E-state index contributed by atoms with van der Waals surface area (Å²) < 4.78 is 15.4. The molecule has 3 N–H and O–H groups in total. The third-order valence-corrected chi connectivity index (χ3v) is 5.12. The van der Waals surface area contributed by atoms with Crippen molar-refractivity contribution < 1.29 is 14.0 Å². The highest BCUT2D eigenvalue weighted by Crippen LogP contribution is 2.23. The van der Waals surface area contributed by atoms with Gasteiger partial charge >= 0.3 is 0 Å². The van der Waals surface area contributed by atoms with Gasteiger partial charge < -0.3 is 11.1 Å². The van der Waals surface area contributed by atoms with Crippen LogP contribution >= 0.6 is 0 Å². The number of carbonyl (C=O) groups excluding carboxylic acids is 2. The van der Waals surface area contributed by atoms with Crippen LogP contribution in [-0.4, -0.2) is 31.6 Å². The summed E-state index contributed by atoms with van der Waals surface area (Å²) in [5, 5.41) is 16.6. The number of hydrogen-bond acceptors (Lipinski definition) is 6. The topological polar surface area (TPSA) is 140 Å². The number of hydrogen-bond donors (Lipinski definition) is 2. The van der Waals surface area contributed by atoms with E-state index in [-0.39, 0.29) is 16.8 Å². The Balaban J connectivity index is 1.66. The smallest absolute Gasteiger partial charge is 0.274 e. The quantitative estimate of drug-likeness (QED) is 0.486. The van der Waals surface area contributed by atoms with Crippen molar-refractivity contribution in [1.82, 2.24) is 19.7 Å². The SMILES string of the molecule is Cc1nn(Cc2cccc(C#N)n2)c(C)c1NC(=O)c1cc(C(N)=O)c2ccc(F)cc2n1. The van der Waals surface area contributed by atoms with Crippen LogP contribution in [0.3, 0.4) is 0 Å². The maximum Gasteiger partial charge on any atom is 0.274 e. The van der Waals surface area contributed by atoms with E-state index in [1.807, 2.05) is 6.07 Å². The molecular formula is C23H18FN7O2. The zero-order valence-corrected chi connectivity index (χ0v) is 17.8. The third kappa shape index (κ3) is 4.24. The lowest BCUT2D eigenvalue weighted by molar-refractivity contribution is 0.100. The normalized spacial score (nSPS) is 10.7. The number of nitrogens with zero attached hydrogens (tertiary/aromatic N) is 5. The predicted molar refractivity (Wildman–Crippen MR) is 118 cm³/mol. The van der Waals surface area contributed by atoms with E-state index in [4.69, 9.17) is 11.0 Å². The number of rotatable bonds is 5. The highest BCUT2D eigenvalue weighted by atomic mass is 19.1. The molecule has 3 aromatic heterocycles. The first-order chi connectivity index (χ1) is 15.8. The van der Waals surface area contributed by atoms with Crippen molar-refractivity contribution >= 4 is 28.4 Å². The van der Waals surface area contributed by atoms with Gasteiger partial charge in [-0.25, -0.2) is 14.4 Å². The van der Waals surface area contributed by atoms with E-state index in [0.717, 1.165) is 6.07 Å². The second-order valence-corrected chi connectivity index (χ2v) is 7.36. The fourth-order valence-electron chi connectivity index (χ4n) is 3.51. The van der Waals surface area contributed by atoms with E-state index in [2.05, 4.69) is 20.4 Å². The van der Waals surface area contributed by atoms with Crippen molar-refractivity contribution in [1.29, 1.82) is 5.26 Å². The number of anilines is 1. The molecule has 4 aromatic rings. The van der Waals surface area contributed by atoms with Crippen molar-refractivity contribution in [2.75, 3.05) is 5.32 Å². The van der Waals surface area contributed by atoms with Crippen molar-refractivity contribution in [3.05, 3.63) is 82.3 Å². The molecular weight excluding hydrogens is 425 g/mol. The molecule has 0 aliphatic carbocycles. The number of amides is 2. The summed E-state index contributed by atoms with van der Waals surface area (Å²) in [5.74, 6) is -1.90. The molecule has 0 unspecified atom stereocenters. The number of nitrogens with one attached hydrogen (secondary N) is 1. The molecule has 2 amide bonds. The number of nitriles is 1. The highest BCUT2D eigenvalue weighted by molar-refractivity contribution is 6.10. The molecule has 164 valence electrons. The minimum atomic E-state index is -0.754. The minimum absolute atomic E-state index is 0.0674. The van der Waals surface area contributed by atoms with Crippen LogP contribution in [0.4, 0.5) is 10.1 Å². The number of carbonyl (C=O) groups is 2. The van der Waals surface area contributed by atoms with E-state index in [1.165, 1.54) is 18.2 Å². The Morgan fingerprint density at radius 3 is 2.70 bits per heavy atom. The number of aromatic nitrogens is 4. The summed E-state index contributed by atoms with van der Waals surface area (Å²) >= 11 is 0. The fourth-order valence-corrected chi connectivity index (χ4v) is 3.51. The average molecular weight is 443 g/mol. The van der Waals surface area contributed by atoms with Crippen LogP contribution < -0.4 is 11.1 Å². The van der Waals surface area contributed by atoms with Crippen LogP contribution in [0.2, 0.25) is 0 Å². The number of primary amides is 1. The van der Waals surface area contributed by atoms with Gasteiger partial charge in [0.25, 0.3) is 5.91 Å². The van der Waals surface area contributed by atoms with Crippen LogP contribution in [-0.2, 0) is 6.54 Å². The monoisotopic (exact) mass is 443 g/mol. The zero-order valence-electron chi connectivity index (χ0n) is 17.8. The Labute approximate surface area is 187 Å². The summed E-state index contributed by atoms with van der Waals surface area (Å²) in [6.45, 7) is 3.81. The first-order valence-corrected chi connectivity index (χ1v) is 9.88. The molecule has 0 fully saturated rings. The first kappa shape index (κ1) is 21.6. The Morgan fingerprint density at radius 2 is 1.97 bits per heavy atom. The second kappa shape index (κ2) is 8.47. The Kier molecular flexibility index (Phi) is 5.54. The molecule has 0 bridgehead atoms. The van der Waals surface area contributed by atoms with Crippen LogP contribution in [0.1, 0.15) is 43.6 Å². The van der Waals surface area contributed by atoms with Gasteiger partial charge in [-0.2, -0.15) is 10.4 Å². The van der Waals surface area contributed by atoms with Crippen molar-refractivity contribution in [3.63, 3.8) is 0 Å². The van der Waals surface area contributed by atoms with Gasteiger partial charge in [0, 0.05) is 11.5 Å². The molecule has 0 spiro atoms. The van der Waals surface area contributed by atoms with Gasteiger partial charge in [-0.1, -0.05) is 6.07 Å².